The normalized spacial score (nSPS) is 14.2. The molecule has 7 heteroatoms. The number of hydrogen-bond donors (Lipinski definition) is 2. The van der Waals surface area contributed by atoms with Crippen molar-refractivity contribution in [2.75, 3.05) is 32.6 Å². The topological polar surface area (TPSA) is 90.6 Å². The van der Waals surface area contributed by atoms with Crippen molar-refractivity contribution in [2.45, 2.75) is 32.4 Å². The van der Waals surface area contributed by atoms with Gasteiger partial charge in [0.05, 0.1) is 25.1 Å². The van der Waals surface area contributed by atoms with Crippen LogP contribution in [0, 0.1) is 0 Å². The van der Waals surface area contributed by atoms with Crippen molar-refractivity contribution >= 4 is 10.0 Å². The lowest BCUT2D eigenvalue weighted by molar-refractivity contribution is 0.0911. The summed E-state index contributed by atoms with van der Waals surface area (Å²) in [5.41, 5.74) is 5.67. The van der Waals surface area contributed by atoms with E-state index in [4.69, 9.17) is 15.2 Å². The van der Waals surface area contributed by atoms with Crippen LogP contribution in [0.15, 0.2) is 0 Å². The third-order valence-electron chi connectivity index (χ3n) is 2.02. The Kier molecular flexibility index (Phi) is 8.71. The number of sulfonamides is 1. The zero-order chi connectivity index (χ0) is 13.3. The van der Waals surface area contributed by atoms with Crippen molar-refractivity contribution in [3.05, 3.63) is 0 Å². The quantitative estimate of drug-likeness (QED) is 0.567. The molecule has 1 atom stereocenters. The van der Waals surface area contributed by atoms with E-state index in [9.17, 15) is 8.42 Å². The highest BCUT2D eigenvalue weighted by atomic mass is 32.2. The molecular weight excluding hydrogens is 244 g/mol. The lowest BCUT2D eigenvalue weighted by Gasteiger charge is -2.12. The van der Waals surface area contributed by atoms with Crippen LogP contribution in [-0.2, 0) is 19.5 Å². The third kappa shape index (κ3) is 10.7. The van der Waals surface area contributed by atoms with Gasteiger partial charge in [0.2, 0.25) is 10.0 Å². The number of nitrogens with one attached hydrogen (secondary N) is 1. The smallest absolute Gasteiger partial charge is 0.213 e. The van der Waals surface area contributed by atoms with Crippen molar-refractivity contribution in [2.24, 2.45) is 5.73 Å². The maximum Gasteiger partial charge on any atom is 0.213 e. The first-order chi connectivity index (χ1) is 7.87. The molecule has 0 spiro atoms. The molecule has 0 aromatic heterocycles. The second-order valence-electron chi connectivity index (χ2n) is 4.14. The zero-order valence-corrected chi connectivity index (χ0v) is 11.6. The average molecular weight is 268 g/mol. The first-order valence-corrected chi connectivity index (χ1v) is 7.36. The van der Waals surface area contributed by atoms with Crippen LogP contribution in [-0.4, -0.2) is 53.2 Å². The molecule has 0 aliphatic heterocycles. The summed E-state index contributed by atoms with van der Waals surface area (Å²) in [6.45, 7) is 4.69. The summed E-state index contributed by atoms with van der Waals surface area (Å²) in [5, 5.41) is 0. The lowest BCUT2D eigenvalue weighted by Crippen LogP contribution is -2.34. The molecule has 0 aromatic rings. The van der Waals surface area contributed by atoms with Crippen molar-refractivity contribution in [1.82, 2.24) is 4.72 Å². The van der Waals surface area contributed by atoms with E-state index in [1.165, 1.54) is 0 Å². The van der Waals surface area contributed by atoms with E-state index >= 15 is 0 Å². The Hall–Kier alpha value is -0.210. The van der Waals surface area contributed by atoms with E-state index in [1.807, 2.05) is 13.8 Å². The molecule has 0 aliphatic rings. The Balaban J connectivity index is 3.71. The molecule has 0 saturated heterocycles. The van der Waals surface area contributed by atoms with Crippen LogP contribution in [0.3, 0.4) is 0 Å². The first kappa shape index (κ1) is 16.8. The molecule has 0 aromatic carbocycles. The molecule has 3 N–H and O–H groups in total. The van der Waals surface area contributed by atoms with Gasteiger partial charge in [0, 0.05) is 19.7 Å². The van der Waals surface area contributed by atoms with Gasteiger partial charge in [-0.15, -0.1) is 0 Å². The molecule has 0 aliphatic carbocycles. The predicted molar refractivity (Wildman–Crippen MR) is 67.3 cm³/mol. The fourth-order valence-electron chi connectivity index (χ4n) is 1.16. The highest BCUT2D eigenvalue weighted by Crippen LogP contribution is 1.93. The Bertz CT molecular complexity index is 280. The molecule has 6 nitrogen and oxygen atoms in total. The van der Waals surface area contributed by atoms with Crippen LogP contribution >= 0.6 is 0 Å². The van der Waals surface area contributed by atoms with Crippen molar-refractivity contribution in [3.8, 4) is 0 Å². The zero-order valence-electron chi connectivity index (χ0n) is 10.8. The van der Waals surface area contributed by atoms with E-state index in [-0.39, 0.29) is 24.5 Å². The fourth-order valence-corrected chi connectivity index (χ4v) is 2.05. The second kappa shape index (κ2) is 8.82. The van der Waals surface area contributed by atoms with E-state index in [1.54, 1.807) is 7.11 Å². The minimum absolute atomic E-state index is 0.0231. The van der Waals surface area contributed by atoms with Gasteiger partial charge in [0.15, 0.2) is 0 Å². The molecule has 1 unspecified atom stereocenters. The first-order valence-electron chi connectivity index (χ1n) is 5.71. The van der Waals surface area contributed by atoms with E-state index in [0.717, 1.165) is 0 Å². The Labute approximate surface area is 104 Å². The Morgan fingerprint density at radius 3 is 2.53 bits per heavy atom. The van der Waals surface area contributed by atoms with Gasteiger partial charge in [0.25, 0.3) is 0 Å². The molecule has 0 fully saturated rings. The van der Waals surface area contributed by atoms with Gasteiger partial charge in [-0.25, -0.2) is 13.1 Å². The summed E-state index contributed by atoms with van der Waals surface area (Å²) >= 11 is 0. The third-order valence-corrected chi connectivity index (χ3v) is 3.37. The van der Waals surface area contributed by atoms with Gasteiger partial charge in [-0.05, 0) is 20.3 Å². The van der Waals surface area contributed by atoms with E-state index in [2.05, 4.69) is 4.72 Å². The summed E-state index contributed by atoms with van der Waals surface area (Å²) in [6, 6.07) is -0.144. The highest BCUT2D eigenvalue weighted by Gasteiger charge is 2.11. The maximum absolute atomic E-state index is 11.5. The molecular formula is C10H24N2O4S. The van der Waals surface area contributed by atoms with Gasteiger partial charge >= 0.3 is 0 Å². The van der Waals surface area contributed by atoms with Crippen LogP contribution in [0.4, 0.5) is 0 Å². The SMILES string of the molecule is COCC(N)CCNS(=O)(=O)CCOC(C)C. The Morgan fingerprint density at radius 2 is 2.00 bits per heavy atom. The van der Waals surface area contributed by atoms with Crippen LogP contribution < -0.4 is 10.5 Å². The fraction of sp³-hybridized carbons (Fsp3) is 1.00. The number of hydrogen-bond acceptors (Lipinski definition) is 5. The minimum Gasteiger partial charge on any atom is -0.383 e. The summed E-state index contributed by atoms with van der Waals surface area (Å²) in [7, 11) is -1.70. The predicted octanol–water partition coefficient (Wildman–Crippen LogP) is -0.305. The number of rotatable bonds is 10. The van der Waals surface area contributed by atoms with Gasteiger partial charge < -0.3 is 15.2 Å². The summed E-state index contributed by atoms with van der Waals surface area (Å²) in [4.78, 5) is 0. The maximum atomic E-state index is 11.5. The number of nitrogens with two attached hydrogens (primary N) is 1. The monoisotopic (exact) mass is 268 g/mol. The number of methoxy groups -OCH3 is 1. The molecule has 0 rings (SSSR count). The second-order valence-corrected chi connectivity index (χ2v) is 6.06. The van der Waals surface area contributed by atoms with Gasteiger partial charge in [-0.3, -0.25) is 0 Å². The molecule has 17 heavy (non-hydrogen) atoms. The average Bonchev–Trinajstić information content (AvgIpc) is 2.16. The lowest BCUT2D eigenvalue weighted by atomic mass is 10.2. The van der Waals surface area contributed by atoms with Crippen LogP contribution in [0.25, 0.3) is 0 Å². The van der Waals surface area contributed by atoms with Crippen LogP contribution in [0.1, 0.15) is 20.3 Å². The minimum atomic E-state index is -3.26. The van der Waals surface area contributed by atoms with E-state index in [0.29, 0.717) is 19.6 Å². The van der Waals surface area contributed by atoms with E-state index < -0.39 is 10.0 Å². The summed E-state index contributed by atoms with van der Waals surface area (Å²) in [6.07, 6.45) is 0.596. The molecule has 0 saturated carbocycles. The molecule has 0 heterocycles. The van der Waals surface area contributed by atoms with Gasteiger partial charge in [-0.2, -0.15) is 0 Å². The number of ether oxygens (including phenoxy) is 2. The highest BCUT2D eigenvalue weighted by molar-refractivity contribution is 7.89. The van der Waals surface area contributed by atoms with Gasteiger partial charge in [-0.1, -0.05) is 0 Å². The van der Waals surface area contributed by atoms with Gasteiger partial charge in [0.1, 0.15) is 0 Å². The molecule has 0 radical (unpaired) electrons. The van der Waals surface area contributed by atoms with Crippen molar-refractivity contribution in [1.29, 1.82) is 0 Å². The van der Waals surface area contributed by atoms with Crippen molar-refractivity contribution < 1.29 is 17.9 Å². The standard InChI is InChI=1S/C10H24N2O4S/c1-9(2)16-6-7-17(13,14)12-5-4-10(11)8-15-3/h9-10,12H,4-8,11H2,1-3H3. The molecule has 0 amide bonds. The molecule has 104 valence electrons. The Morgan fingerprint density at radius 1 is 1.35 bits per heavy atom. The largest absolute Gasteiger partial charge is 0.383 e. The summed E-state index contributed by atoms with van der Waals surface area (Å²) < 4.78 is 35.5. The summed E-state index contributed by atoms with van der Waals surface area (Å²) in [5.74, 6) is -0.0231. The van der Waals surface area contributed by atoms with Crippen molar-refractivity contribution in [3.63, 3.8) is 0 Å². The van der Waals surface area contributed by atoms with Crippen LogP contribution in [0.5, 0.6) is 0 Å². The van der Waals surface area contributed by atoms with Crippen LogP contribution in [0.2, 0.25) is 0 Å². The molecule has 0 bridgehead atoms.